The van der Waals surface area contributed by atoms with Crippen LogP contribution in [0.1, 0.15) is 38.1 Å². The number of alkyl halides is 3. The summed E-state index contributed by atoms with van der Waals surface area (Å²) in [5, 5.41) is 0.518. The molecule has 5 heteroatoms. The van der Waals surface area contributed by atoms with Crippen molar-refractivity contribution in [3.8, 4) is 0 Å². The summed E-state index contributed by atoms with van der Waals surface area (Å²) in [6, 6.07) is 5.45. The number of benzene rings is 1. The summed E-state index contributed by atoms with van der Waals surface area (Å²) in [7, 11) is 0. The molecule has 0 bridgehead atoms. The van der Waals surface area contributed by atoms with Crippen LogP contribution in [0.25, 0.3) is 10.9 Å². The van der Waals surface area contributed by atoms with Crippen LogP contribution in [0.3, 0.4) is 0 Å². The molecule has 0 spiro atoms. The topological polar surface area (TPSA) is 22.0 Å². The van der Waals surface area contributed by atoms with Crippen molar-refractivity contribution in [3.05, 3.63) is 35.5 Å². The normalized spacial score (nSPS) is 12.3. The molecule has 1 aromatic heterocycles. The summed E-state index contributed by atoms with van der Waals surface area (Å²) in [5.41, 5.74) is 0.811. The van der Waals surface area contributed by atoms with Crippen molar-refractivity contribution in [1.29, 1.82) is 0 Å². The van der Waals surface area contributed by atoms with Crippen molar-refractivity contribution in [2.75, 3.05) is 0 Å². The second kappa shape index (κ2) is 4.96. The van der Waals surface area contributed by atoms with E-state index in [1.54, 1.807) is 6.07 Å². The number of carbonyl (C=O) groups is 1. The van der Waals surface area contributed by atoms with Crippen LogP contribution in [0, 0.1) is 0 Å². The molecule has 0 aliphatic rings. The van der Waals surface area contributed by atoms with Crippen LogP contribution in [0.15, 0.2) is 24.3 Å². The van der Waals surface area contributed by atoms with E-state index in [-0.39, 0.29) is 18.2 Å². The molecule has 0 unspecified atom stereocenters. The molecule has 20 heavy (non-hydrogen) atoms. The van der Waals surface area contributed by atoms with Gasteiger partial charge in [0.2, 0.25) is 0 Å². The number of halogens is 3. The number of aromatic nitrogens is 1. The van der Waals surface area contributed by atoms with Crippen LogP contribution in [0.2, 0.25) is 0 Å². The van der Waals surface area contributed by atoms with E-state index >= 15 is 0 Å². The first-order valence-electron chi connectivity index (χ1n) is 6.40. The van der Waals surface area contributed by atoms with Gasteiger partial charge < -0.3 is 4.57 Å². The van der Waals surface area contributed by atoms with Gasteiger partial charge in [-0.1, -0.05) is 0 Å². The molecule has 0 radical (unpaired) electrons. The molecular formula is C15H16F3NO. The van der Waals surface area contributed by atoms with Crippen molar-refractivity contribution in [1.82, 2.24) is 4.57 Å². The maximum atomic E-state index is 12.7. The second-order valence-corrected chi connectivity index (χ2v) is 5.25. The molecular weight excluding hydrogens is 267 g/mol. The number of rotatable bonds is 3. The minimum Gasteiger partial charge on any atom is -0.342 e. The maximum absolute atomic E-state index is 12.7. The van der Waals surface area contributed by atoms with E-state index in [1.165, 1.54) is 13.0 Å². The molecule has 2 rings (SSSR count). The number of Topliss-reactive ketones (excluding diaryl/α,β-unsaturated/α-hetero) is 1. The van der Waals surface area contributed by atoms with Crippen molar-refractivity contribution in [3.63, 3.8) is 0 Å². The highest BCUT2D eigenvalue weighted by Gasteiger charge is 2.30. The lowest BCUT2D eigenvalue weighted by Gasteiger charge is -2.14. The Balaban J connectivity index is 2.64. The Labute approximate surface area is 115 Å². The third kappa shape index (κ3) is 2.71. The fourth-order valence-corrected chi connectivity index (χ4v) is 2.47. The van der Waals surface area contributed by atoms with E-state index in [9.17, 15) is 18.0 Å². The van der Waals surface area contributed by atoms with E-state index in [4.69, 9.17) is 0 Å². The quantitative estimate of drug-likeness (QED) is 0.819. The standard InChI is InChI=1S/C15H16F3NO/c1-9(2)19-13(6-10(3)20)8-11-7-12(15(16,17)18)4-5-14(11)19/h4-5,7-9H,6H2,1-3H3. The molecule has 0 atom stereocenters. The van der Waals surface area contributed by atoms with Crippen molar-refractivity contribution in [2.45, 2.75) is 39.4 Å². The van der Waals surface area contributed by atoms with Gasteiger partial charge in [0.1, 0.15) is 5.78 Å². The number of fused-ring (bicyclic) bond motifs is 1. The van der Waals surface area contributed by atoms with Crippen LogP contribution in [0.5, 0.6) is 0 Å². The van der Waals surface area contributed by atoms with Gasteiger partial charge in [0, 0.05) is 29.1 Å². The van der Waals surface area contributed by atoms with E-state index in [2.05, 4.69) is 0 Å². The molecule has 2 nitrogen and oxygen atoms in total. The van der Waals surface area contributed by atoms with Gasteiger partial charge in [0.05, 0.1) is 5.56 Å². The minimum absolute atomic E-state index is 0.00856. The molecule has 0 amide bonds. The fourth-order valence-electron chi connectivity index (χ4n) is 2.47. The third-order valence-corrected chi connectivity index (χ3v) is 3.19. The minimum atomic E-state index is -4.35. The average Bonchev–Trinajstić information content (AvgIpc) is 2.63. The largest absolute Gasteiger partial charge is 0.416 e. The molecule has 0 saturated heterocycles. The first-order valence-corrected chi connectivity index (χ1v) is 6.40. The zero-order valence-electron chi connectivity index (χ0n) is 11.6. The smallest absolute Gasteiger partial charge is 0.342 e. The summed E-state index contributed by atoms with van der Waals surface area (Å²) >= 11 is 0. The molecule has 0 aliphatic heterocycles. The van der Waals surface area contributed by atoms with Gasteiger partial charge in [-0.05, 0) is 45.0 Å². The van der Waals surface area contributed by atoms with Gasteiger partial charge in [-0.15, -0.1) is 0 Å². The molecule has 0 fully saturated rings. The highest BCUT2D eigenvalue weighted by molar-refractivity contribution is 5.85. The average molecular weight is 283 g/mol. The van der Waals surface area contributed by atoms with Gasteiger partial charge in [-0.25, -0.2) is 0 Å². The number of hydrogen-bond donors (Lipinski definition) is 0. The Hall–Kier alpha value is -1.78. The number of carbonyl (C=O) groups excluding carboxylic acids is 1. The van der Waals surface area contributed by atoms with Crippen LogP contribution in [0.4, 0.5) is 13.2 Å². The Bertz CT molecular complexity index is 653. The molecule has 0 saturated carbocycles. The first-order chi connectivity index (χ1) is 9.20. The lowest BCUT2D eigenvalue weighted by molar-refractivity contribution is -0.137. The lowest BCUT2D eigenvalue weighted by Crippen LogP contribution is -2.09. The lowest BCUT2D eigenvalue weighted by atomic mass is 10.1. The van der Waals surface area contributed by atoms with E-state index in [0.717, 1.165) is 23.3 Å². The first kappa shape index (κ1) is 14.6. The van der Waals surface area contributed by atoms with Crippen LogP contribution < -0.4 is 0 Å². The molecule has 2 aromatic rings. The number of ketones is 1. The number of nitrogens with zero attached hydrogens (tertiary/aromatic N) is 1. The van der Waals surface area contributed by atoms with Crippen LogP contribution >= 0.6 is 0 Å². The summed E-state index contributed by atoms with van der Waals surface area (Å²) in [4.78, 5) is 11.3. The highest BCUT2D eigenvalue weighted by Crippen LogP contribution is 2.33. The Morgan fingerprint density at radius 1 is 1.25 bits per heavy atom. The summed E-state index contributed by atoms with van der Waals surface area (Å²) in [5.74, 6) is -0.00856. The zero-order valence-corrected chi connectivity index (χ0v) is 11.6. The van der Waals surface area contributed by atoms with E-state index in [1.807, 2.05) is 18.4 Å². The van der Waals surface area contributed by atoms with Crippen molar-refractivity contribution in [2.24, 2.45) is 0 Å². The number of hydrogen-bond acceptors (Lipinski definition) is 1. The highest BCUT2D eigenvalue weighted by atomic mass is 19.4. The SMILES string of the molecule is CC(=O)Cc1cc2cc(C(F)(F)F)ccc2n1C(C)C. The Morgan fingerprint density at radius 2 is 1.90 bits per heavy atom. The van der Waals surface area contributed by atoms with E-state index in [0.29, 0.717) is 5.39 Å². The molecule has 0 N–H and O–H groups in total. The summed E-state index contributed by atoms with van der Waals surface area (Å²) < 4.78 is 40.1. The Morgan fingerprint density at radius 3 is 2.40 bits per heavy atom. The van der Waals surface area contributed by atoms with Crippen LogP contribution in [-0.4, -0.2) is 10.4 Å². The molecule has 0 aliphatic carbocycles. The third-order valence-electron chi connectivity index (χ3n) is 3.19. The van der Waals surface area contributed by atoms with Gasteiger partial charge in [-0.3, -0.25) is 4.79 Å². The predicted octanol–water partition coefficient (Wildman–Crippen LogP) is 4.37. The second-order valence-electron chi connectivity index (χ2n) is 5.25. The van der Waals surface area contributed by atoms with E-state index < -0.39 is 11.7 Å². The monoisotopic (exact) mass is 283 g/mol. The molecule has 1 aromatic carbocycles. The summed E-state index contributed by atoms with van der Waals surface area (Å²) in [6.07, 6.45) is -4.12. The van der Waals surface area contributed by atoms with Crippen molar-refractivity contribution >= 4 is 16.7 Å². The zero-order chi connectivity index (χ0) is 15.1. The Kier molecular flexibility index (Phi) is 3.63. The fraction of sp³-hybridized carbons (Fsp3) is 0.400. The van der Waals surface area contributed by atoms with Gasteiger partial charge in [0.15, 0.2) is 0 Å². The molecule has 1 heterocycles. The van der Waals surface area contributed by atoms with Gasteiger partial charge in [0.25, 0.3) is 0 Å². The van der Waals surface area contributed by atoms with Crippen molar-refractivity contribution < 1.29 is 18.0 Å². The maximum Gasteiger partial charge on any atom is 0.416 e. The summed E-state index contributed by atoms with van der Waals surface area (Å²) in [6.45, 7) is 5.37. The van der Waals surface area contributed by atoms with Gasteiger partial charge >= 0.3 is 6.18 Å². The molecule has 108 valence electrons. The van der Waals surface area contributed by atoms with Crippen LogP contribution in [-0.2, 0) is 17.4 Å². The van der Waals surface area contributed by atoms with Gasteiger partial charge in [-0.2, -0.15) is 13.2 Å². The predicted molar refractivity (Wildman–Crippen MR) is 71.7 cm³/mol.